The van der Waals surface area contributed by atoms with Crippen molar-refractivity contribution in [1.29, 1.82) is 0 Å². The monoisotopic (exact) mass is 377 g/mol. The summed E-state index contributed by atoms with van der Waals surface area (Å²) in [6, 6.07) is 14.1. The summed E-state index contributed by atoms with van der Waals surface area (Å²) >= 11 is 0. The highest BCUT2D eigenvalue weighted by atomic mass is 16.2. The van der Waals surface area contributed by atoms with Crippen LogP contribution in [0.1, 0.15) is 35.5 Å². The predicted octanol–water partition coefficient (Wildman–Crippen LogP) is 3.36. The van der Waals surface area contributed by atoms with Crippen LogP contribution in [-0.4, -0.2) is 16.8 Å². The van der Waals surface area contributed by atoms with Gasteiger partial charge in [0.25, 0.3) is 5.91 Å². The zero-order valence-corrected chi connectivity index (χ0v) is 16.1. The Kier molecular flexibility index (Phi) is 5.59. The van der Waals surface area contributed by atoms with Crippen molar-refractivity contribution in [2.45, 2.75) is 27.3 Å². The Morgan fingerprint density at radius 3 is 2.61 bits per heavy atom. The van der Waals surface area contributed by atoms with Gasteiger partial charge in [-0.05, 0) is 36.8 Å². The molecule has 144 valence electrons. The molecule has 1 heterocycles. The van der Waals surface area contributed by atoms with Crippen LogP contribution in [-0.2, 0) is 11.3 Å². The summed E-state index contributed by atoms with van der Waals surface area (Å²) in [4.78, 5) is 39.6. The summed E-state index contributed by atoms with van der Waals surface area (Å²) in [6.45, 7) is 5.84. The number of carbonyl (C=O) groups is 2. The van der Waals surface area contributed by atoms with E-state index in [0.717, 1.165) is 11.1 Å². The second kappa shape index (κ2) is 8.08. The molecule has 0 aliphatic heterocycles. The summed E-state index contributed by atoms with van der Waals surface area (Å²) in [5.41, 5.74) is 3.15. The van der Waals surface area contributed by atoms with Gasteiger partial charge in [0, 0.05) is 35.1 Å². The van der Waals surface area contributed by atoms with E-state index in [2.05, 4.69) is 15.6 Å². The van der Waals surface area contributed by atoms with E-state index in [4.69, 9.17) is 0 Å². The first-order chi connectivity index (χ1) is 13.3. The summed E-state index contributed by atoms with van der Waals surface area (Å²) in [5, 5.41) is 6.19. The van der Waals surface area contributed by atoms with Gasteiger partial charge >= 0.3 is 0 Å². The normalized spacial score (nSPS) is 10.9. The first-order valence-corrected chi connectivity index (χ1v) is 9.15. The number of aromatic amines is 1. The van der Waals surface area contributed by atoms with Crippen LogP contribution in [0.4, 0.5) is 5.69 Å². The molecule has 0 unspecified atom stereocenters. The van der Waals surface area contributed by atoms with Gasteiger partial charge < -0.3 is 15.6 Å². The second-order valence-corrected chi connectivity index (χ2v) is 7.12. The van der Waals surface area contributed by atoms with E-state index >= 15 is 0 Å². The van der Waals surface area contributed by atoms with Crippen molar-refractivity contribution < 1.29 is 9.59 Å². The molecule has 0 bridgehead atoms. The molecule has 28 heavy (non-hydrogen) atoms. The van der Waals surface area contributed by atoms with Crippen molar-refractivity contribution in [3.05, 3.63) is 75.6 Å². The fourth-order valence-corrected chi connectivity index (χ4v) is 2.81. The Morgan fingerprint density at radius 1 is 1.07 bits per heavy atom. The summed E-state index contributed by atoms with van der Waals surface area (Å²) in [7, 11) is 0. The van der Waals surface area contributed by atoms with Crippen molar-refractivity contribution >= 4 is 28.4 Å². The van der Waals surface area contributed by atoms with Gasteiger partial charge in [-0.25, -0.2) is 0 Å². The topological polar surface area (TPSA) is 91.1 Å². The Hall–Kier alpha value is -3.41. The number of hydrogen-bond donors (Lipinski definition) is 3. The van der Waals surface area contributed by atoms with E-state index in [9.17, 15) is 14.4 Å². The first-order valence-electron chi connectivity index (χ1n) is 9.15. The lowest BCUT2D eigenvalue weighted by Gasteiger charge is -2.10. The van der Waals surface area contributed by atoms with Crippen molar-refractivity contribution in [2.75, 3.05) is 5.32 Å². The molecule has 0 fully saturated rings. The Balaban J connectivity index is 1.72. The summed E-state index contributed by atoms with van der Waals surface area (Å²) < 4.78 is 0. The third-order valence-electron chi connectivity index (χ3n) is 4.40. The number of amides is 2. The van der Waals surface area contributed by atoms with Gasteiger partial charge in [-0.15, -0.1) is 0 Å². The lowest BCUT2D eigenvalue weighted by atomic mass is 10.1. The molecule has 0 saturated heterocycles. The van der Waals surface area contributed by atoms with Gasteiger partial charge in [-0.2, -0.15) is 0 Å². The quantitative estimate of drug-likeness (QED) is 0.637. The fraction of sp³-hybridized carbons (Fsp3) is 0.227. The van der Waals surface area contributed by atoms with E-state index in [-0.39, 0.29) is 35.4 Å². The molecule has 0 saturated carbocycles. The highest BCUT2D eigenvalue weighted by Crippen LogP contribution is 2.13. The van der Waals surface area contributed by atoms with Gasteiger partial charge in [0.05, 0.1) is 0 Å². The predicted molar refractivity (Wildman–Crippen MR) is 110 cm³/mol. The molecule has 3 N–H and O–H groups in total. The number of aromatic nitrogens is 1. The van der Waals surface area contributed by atoms with E-state index in [1.165, 1.54) is 6.07 Å². The molecule has 2 amide bonds. The number of nitrogens with one attached hydrogen (secondary N) is 3. The molecule has 1 aromatic heterocycles. The highest BCUT2D eigenvalue weighted by molar-refractivity contribution is 5.95. The number of anilines is 1. The van der Waals surface area contributed by atoms with Crippen LogP contribution < -0.4 is 16.1 Å². The largest absolute Gasteiger partial charge is 0.350 e. The third-order valence-corrected chi connectivity index (χ3v) is 4.40. The molecular weight excluding hydrogens is 354 g/mol. The Labute approximate surface area is 163 Å². The number of fused-ring (bicyclic) bond motifs is 1. The van der Waals surface area contributed by atoms with E-state index in [0.29, 0.717) is 16.6 Å². The smallest absolute Gasteiger partial charge is 0.268 e. The second-order valence-electron chi connectivity index (χ2n) is 7.12. The number of pyridine rings is 1. The van der Waals surface area contributed by atoms with Crippen LogP contribution in [0.2, 0.25) is 0 Å². The summed E-state index contributed by atoms with van der Waals surface area (Å²) in [5.74, 6) is -0.543. The van der Waals surface area contributed by atoms with Crippen LogP contribution in [0.15, 0.2) is 53.3 Å². The highest BCUT2D eigenvalue weighted by Gasteiger charge is 2.11. The third kappa shape index (κ3) is 4.46. The van der Waals surface area contributed by atoms with Gasteiger partial charge in [-0.3, -0.25) is 14.4 Å². The van der Waals surface area contributed by atoms with Crippen LogP contribution >= 0.6 is 0 Å². The number of benzene rings is 2. The molecule has 6 nitrogen and oxygen atoms in total. The number of H-pyrrole nitrogens is 1. The van der Waals surface area contributed by atoms with Crippen LogP contribution in [0.5, 0.6) is 0 Å². The van der Waals surface area contributed by atoms with Crippen LogP contribution in [0.3, 0.4) is 0 Å². The average Bonchev–Trinajstić information content (AvgIpc) is 2.66. The maximum Gasteiger partial charge on any atom is 0.268 e. The van der Waals surface area contributed by atoms with E-state index in [1.807, 2.05) is 45.0 Å². The van der Waals surface area contributed by atoms with Crippen LogP contribution in [0, 0.1) is 12.8 Å². The molecule has 3 rings (SSSR count). The van der Waals surface area contributed by atoms with Crippen molar-refractivity contribution in [1.82, 2.24) is 10.3 Å². The molecule has 6 heteroatoms. The zero-order valence-electron chi connectivity index (χ0n) is 16.1. The van der Waals surface area contributed by atoms with Gasteiger partial charge in [0.15, 0.2) is 5.43 Å². The maximum absolute atomic E-state index is 12.5. The average molecular weight is 377 g/mol. The number of aryl methyl sites for hydroxylation is 1. The molecule has 3 aromatic rings. The number of rotatable bonds is 5. The van der Waals surface area contributed by atoms with Gasteiger partial charge in [0.1, 0.15) is 5.69 Å². The molecule has 0 spiro atoms. The molecule has 0 radical (unpaired) electrons. The van der Waals surface area contributed by atoms with E-state index < -0.39 is 0 Å². The number of carbonyl (C=O) groups excluding carboxylic acids is 2. The Bertz CT molecular complexity index is 1100. The van der Waals surface area contributed by atoms with Gasteiger partial charge in [-0.1, -0.05) is 37.6 Å². The zero-order chi connectivity index (χ0) is 20.3. The fourth-order valence-electron chi connectivity index (χ4n) is 2.81. The SMILES string of the molecule is Cc1ccc2[nH]c(C(=O)NCc3cccc(NC(=O)C(C)C)c3)cc(=O)c2c1. The van der Waals surface area contributed by atoms with E-state index in [1.54, 1.807) is 18.2 Å². The molecule has 0 aliphatic carbocycles. The minimum atomic E-state index is -0.365. The van der Waals surface area contributed by atoms with Crippen molar-refractivity contribution in [2.24, 2.45) is 5.92 Å². The summed E-state index contributed by atoms with van der Waals surface area (Å²) in [6.07, 6.45) is 0. The van der Waals surface area contributed by atoms with Crippen LogP contribution in [0.25, 0.3) is 10.9 Å². The maximum atomic E-state index is 12.5. The van der Waals surface area contributed by atoms with Crippen molar-refractivity contribution in [3.63, 3.8) is 0 Å². The minimum absolute atomic E-state index is 0.0647. The molecule has 2 aromatic carbocycles. The molecular formula is C22H23N3O3. The van der Waals surface area contributed by atoms with Crippen molar-refractivity contribution in [3.8, 4) is 0 Å². The lowest BCUT2D eigenvalue weighted by Crippen LogP contribution is -2.25. The molecule has 0 aliphatic rings. The first kappa shape index (κ1) is 19.4. The standard InChI is InChI=1S/C22H23N3O3/c1-13(2)21(27)24-16-6-4-5-15(10-16)12-23-22(28)19-11-20(26)17-9-14(3)7-8-18(17)25-19/h4-11,13H,12H2,1-3H3,(H,23,28)(H,24,27)(H,25,26). The lowest BCUT2D eigenvalue weighted by molar-refractivity contribution is -0.118. The minimum Gasteiger partial charge on any atom is -0.350 e. The molecule has 0 atom stereocenters. The number of hydrogen-bond acceptors (Lipinski definition) is 3. The Morgan fingerprint density at radius 2 is 1.86 bits per heavy atom. The van der Waals surface area contributed by atoms with Gasteiger partial charge in [0.2, 0.25) is 5.91 Å².